The van der Waals surface area contributed by atoms with Crippen molar-refractivity contribution in [1.82, 2.24) is 5.32 Å². The van der Waals surface area contributed by atoms with E-state index in [4.69, 9.17) is 11.6 Å². The third kappa shape index (κ3) is 4.82. The van der Waals surface area contributed by atoms with Crippen molar-refractivity contribution >= 4 is 35.1 Å². The molecule has 0 bridgehead atoms. The van der Waals surface area contributed by atoms with Gasteiger partial charge in [0.1, 0.15) is 0 Å². The second-order valence-electron chi connectivity index (χ2n) is 4.83. The van der Waals surface area contributed by atoms with E-state index in [1.54, 1.807) is 48.5 Å². The number of carbonyl (C=O) groups excluding carboxylic acids is 3. The number of halogens is 1. The molecule has 124 valence electrons. The van der Waals surface area contributed by atoms with Crippen molar-refractivity contribution in [2.45, 2.75) is 6.54 Å². The molecule has 0 saturated carbocycles. The lowest BCUT2D eigenvalue weighted by Gasteiger charge is -2.07. The first kappa shape index (κ1) is 17.5. The fourth-order valence-corrected chi connectivity index (χ4v) is 1.99. The van der Waals surface area contributed by atoms with E-state index in [1.165, 1.54) is 7.11 Å². The zero-order valence-corrected chi connectivity index (χ0v) is 13.6. The molecule has 2 N–H and O–H groups in total. The van der Waals surface area contributed by atoms with E-state index in [-0.39, 0.29) is 6.54 Å². The van der Waals surface area contributed by atoms with E-state index in [0.29, 0.717) is 16.3 Å². The number of anilines is 1. The predicted molar refractivity (Wildman–Crippen MR) is 89.7 cm³/mol. The van der Waals surface area contributed by atoms with Crippen molar-refractivity contribution in [3.05, 3.63) is 64.7 Å². The monoisotopic (exact) mass is 346 g/mol. The second kappa shape index (κ2) is 8.12. The van der Waals surface area contributed by atoms with Gasteiger partial charge in [0.15, 0.2) is 0 Å². The lowest BCUT2D eigenvalue weighted by molar-refractivity contribution is -0.136. The molecule has 0 spiro atoms. The fourth-order valence-electron chi connectivity index (χ4n) is 1.86. The lowest BCUT2D eigenvalue weighted by Crippen LogP contribution is -2.34. The summed E-state index contributed by atoms with van der Waals surface area (Å²) in [6.07, 6.45) is 0. The Hall–Kier alpha value is -2.86. The van der Waals surface area contributed by atoms with Gasteiger partial charge in [0.2, 0.25) is 0 Å². The Labute approximate surface area is 143 Å². The summed E-state index contributed by atoms with van der Waals surface area (Å²) in [6, 6.07) is 12.9. The normalized spacial score (nSPS) is 9.92. The van der Waals surface area contributed by atoms with Crippen LogP contribution < -0.4 is 10.6 Å². The molecular formula is C17H15ClN2O4. The zero-order valence-electron chi connectivity index (χ0n) is 12.8. The molecule has 2 amide bonds. The standard InChI is InChI=1S/C17H15ClN2O4/c1-24-17(23)12-4-2-11(3-5-12)10-19-15(21)16(22)20-14-8-6-13(18)7-9-14/h2-9H,10H2,1H3,(H,19,21)(H,20,22). The summed E-state index contributed by atoms with van der Waals surface area (Å²) < 4.78 is 4.60. The highest BCUT2D eigenvalue weighted by Crippen LogP contribution is 2.13. The number of benzene rings is 2. The number of esters is 1. The van der Waals surface area contributed by atoms with E-state index in [9.17, 15) is 14.4 Å². The Balaban J connectivity index is 1.86. The van der Waals surface area contributed by atoms with Crippen LogP contribution in [0.25, 0.3) is 0 Å². The second-order valence-corrected chi connectivity index (χ2v) is 5.27. The van der Waals surface area contributed by atoms with Crippen LogP contribution in [0.15, 0.2) is 48.5 Å². The number of amides is 2. The van der Waals surface area contributed by atoms with Crippen LogP contribution in [0.2, 0.25) is 5.02 Å². The summed E-state index contributed by atoms with van der Waals surface area (Å²) in [5.74, 6) is -1.97. The number of carbonyl (C=O) groups is 3. The largest absolute Gasteiger partial charge is 0.465 e. The molecule has 6 nitrogen and oxygen atoms in total. The molecule has 0 unspecified atom stereocenters. The van der Waals surface area contributed by atoms with Crippen LogP contribution in [-0.2, 0) is 20.9 Å². The van der Waals surface area contributed by atoms with Gasteiger partial charge in [0.05, 0.1) is 12.7 Å². The zero-order chi connectivity index (χ0) is 17.5. The summed E-state index contributed by atoms with van der Waals surface area (Å²) in [6.45, 7) is 0.161. The maximum Gasteiger partial charge on any atom is 0.337 e. The molecule has 0 saturated heterocycles. The summed E-state index contributed by atoms with van der Waals surface area (Å²) in [5, 5.41) is 5.50. The third-order valence-corrected chi connectivity index (χ3v) is 3.39. The Morgan fingerprint density at radius 1 is 0.958 bits per heavy atom. The number of nitrogens with one attached hydrogen (secondary N) is 2. The molecule has 2 aromatic carbocycles. The quantitative estimate of drug-likeness (QED) is 0.657. The van der Waals surface area contributed by atoms with Crippen molar-refractivity contribution in [3.63, 3.8) is 0 Å². The van der Waals surface area contributed by atoms with E-state index in [0.717, 1.165) is 5.56 Å². The minimum absolute atomic E-state index is 0.161. The number of hydrogen-bond donors (Lipinski definition) is 2. The molecule has 0 aliphatic carbocycles. The van der Waals surface area contributed by atoms with Gasteiger partial charge >= 0.3 is 17.8 Å². The van der Waals surface area contributed by atoms with Crippen molar-refractivity contribution in [2.24, 2.45) is 0 Å². The van der Waals surface area contributed by atoms with Gasteiger partial charge < -0.3 is 15.4 Å². The van der Waals surface area contributed by atoms with E-state index in [1.807, 2.05) is 0 Å². The minimum atomic E-state index is -0.775. The summed E-state index contributed by atoms with van der Waals surface area (Å²) in [4.78, 5) is 34.9. The molecule has 0 aromatic heterocycles. The molecule has 7 heteroatoms. The molecule has 0 atom stereocenters. The molecule has 0 radical (unpaired) electrons. The van der Waals surface area contributed by atoms with Crippen molar-refractivity contribution < 1.29 is 19.1 Å². The van der Waals surface area contributed by atoms with Crippen LogP contribution in [-0.4, -0.2) is 24.9 Å². The third-order valence-electron chi connectivity index (χ3n) is 3.14. The van der Waals surface area contributed by atoms with E-state index < -0.39 is 17.8 Å². The number of ether oxygens (including phenoxy) is 1. The molecule has 0 aliphatic rings. The lowest BCUT2D eigenvalue weighted by atomic mass is 10.1. The van der Waals surface area contributed by atoms with Crippen LogP contribution in [0.4, 0.5) is 5.69 Å². The number of methoxy groups -OCH3 is 1. The van der Waals surface area contributed by atoms with Gasteiger partial charge in [-0.05, 0) is 42.0 Å². The average molecular weight is 347 g/mol. The van der Waals surface area contributed by atoms with Gasteiger partial charge in [-0.15, -0.1) is 0 Å². The first-order valence-electron chi connectivity index (χ1n) is 7.01. The average Bonchev–Trinajstić information content (AvgIpc) is 2.61. The molecule has 2 rings (SSSR count). The highest BCUT2D eigenvalue weighted by atomic mass is 35.5. The topological polar surface area (TPSA) is 84.5 Å². The van der Waals surface area contributed by atoms with Gasteiger partial charge in [-0.25, -0.2) is 4.79 Å². The fraction of sp³-hybridized carbons (Fsp3) is 0.118. The highest BCUT2D eigenvalue weighted by molar-refractivity contribution is 6.39. The van der Waals surface area contributed by atoms with Crippen LogP contribution in [0.5, 0.6) is 0 Å². The molecule has 24 heavy (non-hydrogen) atoms. The van der Waals surface area contributed by atoms with E-state index in [2.05, 4.69) is 15.4 Å². The Bertz CT molecular complexity index is 742. The number of hydrogen-bond acceptors (Lipinski definition) is 4. The van der Waals surface area contributed by atoms with E-state index >= 15 is 0 Å². The SMILES string of the molecule is COC(=O)c1ccc(CNC(=O)C(=O)Nc2ccc(Cl)cc2)cc1. The van der Waals surface area contributed by atoms with Gasteiger partial charge in [0.25, 0.3) is 0 Å². The van der Waals surface area contributed by atoms with Crippen molar-refractivity contribution in [2.75, 3.05) is 12.4 Å². The molecule has 0 heterocycles. The highest BCUT2D eigenvalue weighted by Gasteiger charge is 2.13. The molecule has 2 aromatic rings. The predicted octanol–water partition coefficient (Wildman–Crippen LogP) is 2.38. The Morgan fingerprint density at radius 2 is 1.58 bits per heavy atom. The smallest absolute Gasteiger partial charge is 0.337 e. The molecule has 0 fully saturated rings. The minimum Gasteiger partial charge on any atom is -0.465 e. The Kier molecular flexibility index (Phi) is 5.92. The van der Waals surface area contributed by atoms with Crippen LogP contribution in [0.1, 0.15) is 15.9 Å². The first-order chi connectivity index (χ1) is 11.5. The Morgan fingerprint density at radius 3 is 2.17 bits per heavy atom. The molecule has 0 aliphatic heterocycles. The first-order valence-corrected chi connectivity index (χ1v) is 7.39. The van der Waals surface area contributed by atoms with Gasteiger partial charge in [0, 0.05) is 17.3 Å². The van der Waals surface area contributed by atoms with Crippen molar-refractivity contribution in [3.8, 4) is 0 Å². The van der Waals surface area contributed by atoms with Gasteiger partial charge in [-0.3, -0.25) is 9.59 Å². The summed E-state index contributed by atoms with van der Waals surface area (Å²) >= 11 is 5.75. The van der Waals surface area contributed by atoms with Crippen LogP contribution in [0, 0.1) is 0 Å². The summed E-state index contributed by atoms with van der Waals surface area (Å²) in [7, 11) is 1.30. The van der Waals surface area contributed by atoms with Gasteiger partial charge in [-0.1, -0.05) is 23.7 Å². The maximum atomic E-state index is 11.8. The summed E-state index contributed by atoms with van der Waals surface area (Å²) in [5.41, 5.74) is 1.63. The van der Waals surface area contributed by atoms with Crippen LogP contribution in [0.3, 0.4) is 0 Å². The van der Waals surface area contributed by atoms with Crippen molar-refractivity contribution in [1.29, 1.82) is 0 Å². The maximum absolute atomic E-state index is 11.8. The van der Waals surface area contributed by atoms with Gasteiger partial charge in [-0.2, -0.15) is 0 Å². The molecular weight excluding hydrogens is 332 g/mol. The van der Waals surface area contributed by atoms with Crippen LogP contribution >= 0.6 is 11.6 Å². The number of rotatable bonds is 4.